The fraction of sp³-hybridized carbons (Fsp3) is 0.938. The van der Waals surface area contributed by atoms with Gasteiger partial charge < -0.3 is 14.5 Å². The SMILES string of the molecule is CN1CCC(N2CCCN(C(=O)OC(C)(C)C)CC2)CC1. The quantitative estimate of drug-likeness (QED) is 0.742. The maximum Gasteiger partial charge on any atom is 0.410 e. The van der Waals surface area contributed by atoms with Crippen molar-refractivity contribution in [2.24, 2.45) is 0 Å². The summed E-state index contributed by atoms with van der Waals surface area (Å²) < 4.78 is 5.49. The molecule has 0 aliphatic carbocycles. The van der Waals surface area contributed by atoms with Crippen LogP contribution in [0, 0.1) is 0 Å². The van der Waals surface area contributed by atoms with Gasteiger partial charge in [0.15, 0.2) is 0 Å². The molecule has 0 spiro atoms. The molecular formula is C16H31N3O2. The van der Waals surface area contributed by atoms with Crippen LogP contribution in [-0.4, -0.2) is 78.8 Å². The second-order valence-electron chi connectivity index (χ2n) is 7.39. The highest BCUT2D eigenvalue weighted by Crippen LogP contribution is 2.18. The molecule has 21 heavy (non-hydrogen) atoms. The van der Waals surface area contributed by atoms with Gasteiger partial charge in [0.05, 0.1) is 0 Å². The van der Waals surface area contributed by atoms with E-state index in [1.54, 1.807) is 0 Å². The Bertz CT molecular complexity index is 346. The first-order chi connectivity index (χ1) is 9.85. The molecule has 2 saturated heterocycles. The fourth-order valence-electron chi connectivity index (χ4n) is 3.17. The molecule has 2 heterocycles. The van der Waals surface area contributed by atoms with Crippen molar-refractivity contribution in [1.29, 1.82) is 0 Å². The van der Waals surface area contributed by atoms with Crippen LogP contribution in [0.5, 0.6) is 0 Å². The Morgan fingerprint density at radius 2 is 1.67 bits per heavy atom. The minimum atomic E-state index is -0.406. The molecule has 0 aromatic heterocycles. The third kappa shape index (κ3) is 5.15. The predicted molar refractivity (Wildman–Crippen MR) is 84.5 cm³/mol. The van der Waals surface area contributed by atoms with Crippen molar-refractivity contribution in [3.8, 4) is 0 Å². The predicted octanol–water partition coefficient (Wildman–Crippen LogP) is 2.02. The first-order valence-electron chi connectivity index (χ1n) is 8.26. The number of carbonyl (C=O) groups excluding carboxylic acids is 1. The standard InChI is InChI=1S/C16H31N3O2/c1-16(2,3)21-15(20)19-9-5-8-18(12-13-19)14-6-10-17(4)11-7-14/h14H,5-13H2,1-4H3. The topological polar surface area (TPSA) is 36.0 Å². The smallest absolute Gasteiger partial charge is 0.410 e. The van der Waals surface area contributed by atoms with Gasteiger partial charge in [-0.15, -0.1) is 0 Å². The lowest BCUT2D eigenvalue weighted by molar-refractivity contribution is 0.0252. The third-order valence-corrected chi connectivity index (χ3v) is 4.39. The zero-order valence-corrected chi connectivity index (χ0v) is 14.1. The van der Waals surface area contributed by atoms with E-state index < -0.39 is 5.60 Å². The molecule has 0 atom stereocenters. The molecule has 2 aliphatic rings. The number of nitrogens with zero attached hydrogens (tertiary/aromatic N) is 3. The maximum absolute atomic E-state index is 12.2. The Labute approximate surface area is 129 Å². The second-order valence-corrected chi connectivity index (χ2v) is 7.39. The molecule has 0 bridgehead atoms. The Hall–Kier alpha value is -0.810. The molecule has 2 fully saturated rings. The Kier molecular flexibility index (Phi) is 5.49. The largest absolute Gasteiger partial charge is 0.444 e. The molecular weight excluding hydrogens is 266 g/mol. The number of piperidine rings is 1. The van der Waals surface area contributed by atoms with Crippen LogP contribution >= 0.6 is 0 Å². The molecule has 1 amide bonds. The van der Waals surface area contributed by atoms with E-state index in [0.717, 1.165) is 32.6 Å². The number of ether oxygens (including phenoxy) is 1. The number of hydrogen-bond acceptors (Lipinski definition) is 4. The van der Waals surface area contributed by atoms with E-state index in [-0.39, 0.29) is 6.09 Å². The van der Waals surface area contributed by atoms with Crippen molar-refractivity contribution in [2.75, 3.05) is 46.3 Å². The van der Waals surface area contributed by atoms with Gasteiger partial charge in [0, 0.05) is 32.2 Å². The van der Waals surface area contributed by atoms with E-state index >= 15 is 0 Å². The van der Waals surface area contributed by atoms with Crippen LogP contribution in [0.4, 0.5) is 4.79 Å². The van der Waals surface area contributed by atoms with Crippen LogP contribution in [-0.2, 0) is 4.74 Å². The number of amides is 1. The van der Waals surface area contributed by atoms with Gasteiger partial charge in [0.1, 0.15) is 5.60 Å². The van der Waals surface area contributed by atoms with Crippen LogP contribution in [0.1, 0.15) is 40.0 Å². The zero-order valence-electron chi connectivity index (χ0n) is 14.1. The summed E-state index contributed by atoms with van der Waals surface area (Å²) in [5, 5.41) is 0. The average Bonchev–Trinajstić information content (AvgIpc) is 2.63. The molecule has 0 N–H and O–H groups in total. The summed E-state index contributed by atoms with van der Waals surface area (Å²) in [5.41, 5.74) is -0.406. The van der Waals surface area contributed by atoms with Gasteiger partial charge in [0.2, 0.25) is 0 Å². The molecule has 5 nitrogen and oxygen atoms in total. The molecule has 5 heteroatoms. The Morgan fingerprint density at radius 1 is 1.00 bits per heavy atom. The van der Waals surface area contributed by atoms with Crippen molar-refractivity contribution in [3.05, 3.63) is 0 Å². The maximum atomic E-state index is 12.2. The van der Waals surface area contributed by atoms with Crippen LogP contribution in [0.3, 0.4) is 0 Å². The van der Waals surface area contributed by atoms with E-state index in [4.69, 9.17) is 4.74 Å². The molecule has 2 aliphatic heterocycles. The van der Waals surface area contributed by atoms with Gasteiger partial charge >= 0.3 is 6.09 Å². The summed E-state index contributed by atoms with van der Waals surface area (Å²) in [4.78, 5) is 19.0. The van der Waals surface area contributed by atoms with Gasteiger partial charge in [-0.25, -0.2) is 4.79 Å². The molecule has 2 rings (SSSR count). The summed E-state index contributed by atoms with van der Waals surface area (Å²) in [5.74, 6) is 0. The molecule has 0 aromatic carbocycles. The highest BCUT2D eigenvalue weighted by atomic mass is 16.6. The number of likely N-dealkylation sites (tertiary alicyclic amines) is 1. The number of carbonyl (C=O) groups is 1. The average molecular weight is 297 g/mol. The Morgan fingerprint density at radius 3 is 2.29 bits per heavy atom. The van der Waals surface area contributed by atoms with E-state index in [1.165, 1.54) is 25.9 Å². The van der Waals surface area contributed by atoms with E-state index in [0.29, 0.717) is 6.04 Å². The lowest BCUT2D eigenvalue weighted by atomic mass is 10.0. The fourth-order valence-corrected chi connectivity index (χ4v) is 3.17. The molecule has 0 aromatic rings. The highest BCUT2D eigenvalue weighted by molar-refractivity contribution is 5.68. The number of hydrogen-bond donors (Lipinski definition) is 0. The summed E-state index contributed by atoms with van der Waals surface area (Å²) >= 11 is 0. The van der Waals surface area contributed by atoms with Crippen LogP contribution in [0.2, 0.25) is 0 Å². The van der Waals surface area contributed by atoms with Crippen molar-refractivity contribution in [2.45, 2.75) is 51.7 Å². The van der Waals surface area contributed by atoms with Crippen LogP contribution in [0.25, 0.3) is 0 Å². The third-order valence-electron chi connectivity index (χ3n) is 4.39. The van der Waals surface area contributed by atoms with Gasteiger partial charge in [-0.2, -0.15) is 0 Å². The van der Waals surface area contributed by atoms with Crippen molar-refractivity contribution >= 4 is 6.09 Å². The van der Waals surface area contributed by atoms with Gasteiger partial charge in [-0.05, 0) is 60.2 Å². The molecule has 122 valence electrons. The lowest BCUT2D eigenvalue weighted by Crippen LogP contribution is -2.45. The first kappa shape index (κ1) is 16.6. The highest BCUT2D eigenvalue weighted by Gasteiger charge is 2.28. The summed E-state index contributed by atoms with van der Waals surface area (Å²) in [6.45, 7) is 11.9. The first-order valence-corrected chi connectivity index (χ1v) is 8.26. The summed E-state index contributed by atoms with van der Waals surface area (Å²) in [6, 6.07) is 0.694. The van der Waals surface area contributed by atoms with Crippen LogP contribution in [0.15, 0.2) is 0 Å². The minimum absolute atomic E-state index is 0.160. The monoisotopic (exact) mass is 297 g/mol. The van der Waals surface area contributed by atoms with E-state index in [1.807, 2.05) is 25.7 Å². The summed E-state index contributed by atoms with van der Waals surface area (Å²) in [6.07, 6.45) is 3.39. The van der Waals surface area contributed by atoms with Crippen molar-refractivity contribution in [3.63, 3.8) is 0 Å². The second kappa shape index (κ2) is 6.97. The van der Waals surface area contributed by atoms with Gasteiger partial charge in [0.25, 0.3) is 0 Å². The normalized spacial score (nSPS) is 23.9. The van der Waals surface area contributed by atoms with E-state index in [9.17, 15) is 4.79 Å². The lowest BCUT2D eigenvalue weighted by Gasteiger charge is -2.36. The summed E-state index contributed by atoms with van der Waals surface area (Å²) in [7, 11) is 2.20. The van der Waals surface area contributed by atoms with Crippen LogP contribution < -0.4 is 0 Å². The molecule has 0 saturated carbocycles. The molecule has 0 radical (unpaired) electrons. The van der Waals surface area contributed by atoms with Gasteiger partial charge in [-0.3, -0.25) is 4.90 Å². The minimum Gasteiger partial charge on any atom is -0.444 e. The molecule has 0 unspecified atom stereocenters. The Balaban J connectivity index is 1.83. The van der Waals surface area contributed by atoms with Crippen molar-refractivity contribution < 1.29 is 9.53 Å². The number of rotatable bonds is 1. The van der Waals surface area contributed by atoms with Crippen molar-refractivity contribution in [1.82, 2.24) is 14.7 Å². The van der Waals surface area contributed by atoms with Gasteiger partial charge in [-0.1, -0.05) is 0 Å². The zero-order chi connectivity index (χ0) is 15.5. The van der Waals surface area contributed by atoms with E-state index in [2.05, 4.69) is 16.8 Å².